The summed E-state index contributed by atoms with van der Waals surface area (Å²) in [5.74, 6) is 0. The van der Waals surface area contributed by atoms with E-state index in [2.05, 4.69) is 10.0 Å². The van der Waals surface area contributed by atoms with Crippen molar-refractivity contribution in [3.05, 3.63) is 24.3 Å². The first-order valence-electron chi connectivity index (χ1n) is 6.94. The summed E-state index contributed by atoms with van der Waals surface area (Å²) in [6.07, 6.45) is 1.99. The van der Waals surface area contributed by atoms with Gasteiger partial charge in [-0.15, -0.1) is 0 Å². The third-order valence-corrected chi connectivity index (χ3v) is 4.80. The van der Waals surface area contributed by atoms with Crippen LogP contribution in [-0.4, -0.2) is 33.7 Å². The number of ether oxygens (including phenoxy) is 1. The first-order valence-corrected chi connectivity index (χ1v) is 8.43. The first-order chi connectivity index (χ1) is 9.49. The molecule has 1 unspecified atom stereocenters. The van der Waals surface area contributed by atoms with Gasteiger partial charge in [0.1, 0.15) is 4.90 Å². The first kappa shape index (κ1) is 15.3. The van der Waals surface area contributed by atoms with Crippen molar-refractivity contribution in [3.63, 3.8) is 0 Å². The Kier molecular flexibility index (Phi) is 5.01. The van der Waals surface area contributed by atoms with E-state index in [1.165, 1.54) is 0 Å². The molecule has 1 aliphatic heterocycles. The van der Waals surface area contributed by atoms with Gasteiger partial charge in [0.05, 0.1) is 12.3 Å². The van der Waals surface area contributed by atoms with Crippen LogP contribution in [0.15, 0.2) is 29.2 Å². The van der Waals surface area contributed by atoms with E-state index in [4.69, 9.17) is 4.74 Å². The number of nitrogens with one attached hydrogen (secondary N) is 2. The van der Waals surface area contributed by atoms with Gasteiger partial charge in [-0.2, -0.15) is 0 Å². The van der Waals surface area contributed by atoms with Gasteiger partial charge in [0.15, 0.2) is 0 Å². The summed E-state index contributed by atoms with van der Waals surface area (Å²) in [6.45, 7) is 5.02. The molecule has 0 bridgehead atoms. The van der Waals surface area contributed by atoms with Crippen molar-refractivity contribution in [1.82, 2.24) is 4.72 Å². The van der Waals surface area contributed by atoms with Crippen molar-refractivity contribution in [1.29, 1.82) is 0 Å². The molecule has 1 aliphatic rings. The highest BCUT2D eigenvalue weighted by molar-refractivity contribution is 7.89. The lowest BCUT2D eigenvalue weighted by Crippen LogP contribution is -2.33. The summed E-state index contributed by atoms with van der Waals surface area (Å²) in [5.41, 5.74) is 0.635. The molecule has 1 aromatic carbocycles. The van der Waals surface area contributed by atoms with E-state index in [1.54, 1.807) is 18.2 Å². The summed E-state index contributed by atoms with van der Waals surface area (Å²) in [6, 6.07) is 7.02. The molecule has 1 heterocycles. The van der Waals surface area contributed by atoms with E-state index in [-0.39, 0.29) is 12.1 Å². The standard InChI is InChI=1S/C14H22N2O3S/c1-11(2)16-20(17,18)14-8-4-3-7-13(14)15-12-6-5-9-19-10-12/h3-4,7-8,11-12,15-16H,5-6,9-10H2,1-2H3. The van der Waals surface area contributed by atoms with Crippen LogP contribution in [0.2, 0.25) is 0 Å². The van der Waals surface area contributed by atoms with Crippen LogP contribution >= 0.6 is 0 Å². The second-order valence-electron chi connectivity index (χ2n) is 5.33. The lowest BCUT2D eigenvalue weighted by atomic mass is 10.1. The predicted molar refractivity (Wildman–Crippen MR) is 79.4 cm³/mol. The van der Waals surface area contributed by atoms with Gasteiger partial charge in [-0.1, -0.05) is 12.1 Å². The smallest absolute Gasteiger partial charge is 0.242 e. The second kappa shape index (κ2) is 6.56. The van der Waals surface area contributed by atoms with Crippen LogP contribution < -0.4 is 10.0 Å². The van der Waals surface area contributed by atoms with E-state index in [9.17, 15) is 8.42 Å². The molecule has 0 spiro atoms. The molecule has 0 aliphatic carbocycles. The summed E-state index contributed by atoms with van der Waals surface area (Å²) in [7, 11) is -3.49. The Hall–Kier alpha value is -1.11. The predicted octanol–water partition coefficient (Wildman–Crippen LogP) is 1.96. The maximum absolute atomic E-state index is 12.3. The summed E-state index contributed by atoms with van der Waals surface area (Å²) >= 11 is 0. The molecule has 2 N–H and O–H groups in total. The van der Waals surface area contributed by atoms with Gasteiger partial charge in [-0.25, -0.2) is 13.1 Å². The minimum Gasteiger partial charge on any atom is -0.379 e. The monoisotopic (exact) mass is 298 g/mol. The molecule has 20 heavy (non-hydrogen) atoms. The van der Waals surface area contributed by atoms with Crippen molar-refractivity contribution in [2.75, 3.05) is 18.5 Å². The SMILES string of the molecule is CC(C)NS(=O)(=O)c1ccccc1NC1CCCOC1. The summed E-state index contributed by atoms with van der Waals surface area (Å²) in [5, 5.41) is 3.28. The molecule has 0 radical (unpaired) electrons. The van der Waals surface area contributed by atoms with Crippen molar-refractivity contribution < 1.29 is 13.2 Å². The van der Waals surface area contributed by atoms with Gasteiger partial charge in [0, 0.05) is 18.7 Å². The lowest BCUT2D eigenvalue weighted by molar-refractivity contribution is 0.0875. The number of sulfonamides is 1. The van der Waals surface area contributed by atoms with Crippen LogP contribution in [0.3, 0.4) is 0 Å². The fourth-order valence-electron chi connectivity index (χ4n) is 2.27. The van der Waals surface area contributed by atoms with Crippen LogP contribution in [0.25, 0.3) is 0 Å². The minimum absolute atomic E-state index is 0.133. The largest absolute Gasteiger partial charge is 0.379 e. The Morgan fingerprint density at radius 3 is 2.70 bits per heavy atom. The minimum atomic E-state index is -3.49. The molecule has 1 fully saturated rings. The maximum atomic E-state index is 12.3. The second-order valence-corrected chi connectivity index (χ2v) is 7.01. The Morgan fingerprint density at radius 2 is 2.05 bits per heavy atom. The zero-order chi connectivity index (χ0) is 14.6. The van der Waals surface area contributed by atoms with E-state index in [0.29, 0.717) is 17.2 Å². The average Bonchev–Trinajstić information content (AvgIpc) is 2.39. The van der Waals surface area contributed by atoms with Gasteiger partial charge in [-0.3, -0.25) is 0 Å². The Labute approximate surface area is 120 Å². The zero-order valence-electron chi connectivity index (χ0n) is 11.9. The van der Waals surface area contributed by atoms with Gasteiger partial charge in [0.25, 0.3) is 0 Å². The molecule has 1 aromatic rings. The van der Waals surface area contributed by atoms with Gasteiger partial charge in [0.2, 0.25) is 10.0 Å². The summed E-state index contributed by atoms with van der Waals surface area (Å²) < 4.78 is 32.7. The highest BCUT2D eigenvalue weighted by Gasteiger charge is 2.21. The zero-order valence-corrected chi connectivity index (χ0v) is 12.7. The molecule has 0 saturated carbocycles. The van der Waals surface area contributed by atoms with Crippen molar-refractivity contribution in [3.8, 4) is 0 Å². The number of anilines is 1. The van der Waals surface area contributed by atoms with E-state index < -0.39 is 10.0 Å². The van der Waals surface area contributed by atoms with Crippen LogP contribution in [0.5, 0.6) is 0 Å². The molecular weight excluding hydrogens is 276 g/mol. The van der Waals surface area contributed by atoms with Crippen LogP contribution in [-0.2, 0) is 14.8 Å². The van der Waals surface area contributed by atoms with Crippen molar-refractivity contribution in [2.45, 2.75) is 43.7 Å². The Morgan fingerprint density at radius 1 is 1.30 bits per heavy atom. The number of para-hydroxylation sites is 1. The number of rotatable bonds is 5. The highest BCUT2D eigenvalue weighted by Crippen LogP contribution is 2.23. The molecule has 112 valence electrons. The molecule has 1 atom stereocenters. The van der Waals surface area contributed by atoms with E-state index >= 15 is 0 Å². The quantitative estimate of drug-likeness (QED) is 0.872. The number of hydrogen-bond donors (Lipinski definition) is 2. The summed E-state index contributed by atoms with van der Waals surface area (Å²) in [4.78, 5) is 0.291. The third-order valence-electron chi connectivity index (χ3n) is 3.09. The molecule has 1 saturated heterocycles. The van der Waals surface area contributed by atoms with Crippen LogP contribution in [0.1, 0.15) is 26.7 Å². The molecule has 0 amide bonds. The normalized spacial score (nSPS) is 20.1. The van der Waals surface area contributed by atoms with Gasteiger partial charge >= 0.3 is 0 Å². The number of benzene rings is 1. The van der Waals surface area contributed by atoms with Crippen molar-refractivity contribution >= 4 is 15.7 Å². The van der Waals surface area contributed by atoms with Gasteiger partial charge in [-0.05, 0) is 38.8 Å². The van der Waals surface area contributed by atoms with E-state index in [0.717, 1.165) is 19.4 Å². The molecular formula is C14H22N2O3S. The van der Waals surface area contributed by atoms with Gasteiger partial charge < -0.3 is 10.1 Å². The lowest BCUT2D eigenvalue weighted by Gasteiger charge is -2.25. The third kappa shape index (κ3) is 3.94. The fourth-order valence-corrected chi connectivity index (χ4v) is 3.69. The molecule has 2 rings (SSSR count). The number of hydrogen-bond acceptors (Lipinski definition) is 4. The Bertz CT molecular complexity index is 537. The fraction of sp³-hybridized carbons (Fsp3) is 0.571. The Balaban J connectivity index is 2.21. The average molecular weight is 298 g/mol. The van der Waals surface area contributed by atoms with Crippen LogP contribution in [0.4, 0.5) is 5.69 Å². The molecule has 5 nitrogen and oxygen atoms in total. The van der Waals surface area contributed by atoms with E-state index in [1.807, 2.05) is 19.9 Å². The highest BCUT2D eigenvalue weighted by atomic mass is 32.2. The van der Waals surface area contributed by atoms with Crippen LogP contribution in [0, 0.1) is 0 Å². The topological polar surface area (TPSA) is 67.4 Å². The molecule has 6 heteroatoms. The maximum Gasteiger partial charge on any atom is 0.242 e. The molecule has 0 aromatic heterocycles. The van der Waals surface area contributed by atoms with Crippen molar-refractivity contribution in [2.24, 2.45) is 0 Å².